The van der Waals surface area contributed by atoms with Crippen molar-refractivity contribution in [3.05, 3.63) is 47.0 Å². The van der Waals surface area contributed by atoms with E-state index in [0.29, 0.717) is 13.2 Å². The molecule has 6 heteroatoms. The van der Waals surface area contributed by atoms with Crippen molar-refractivity contribution < 1.29 is 18.7 Å². The Labute approximate surface area is 260 Å². The average Bonchev–Trinajstić information content (AvgIpc) is 2.88. The van der Waals surface area contributed by atoms with Gasteiger partial charge in [0.1, 0.15) is 0 Å². The van der Waals surface area contributed by atoms with E-state index in [1.807, 2.05) is 0 Å². The Morgan fingerprint density at radius 3 is 1.93 bits per heavy atom. The van der Waals surface area contributed by atoms with Gasteiger partial charge in [0.05, 0.1) is 31.5 Å². The molecule has 1 saturated carbocycles. The van der Waals surface area contributed by atoms with Crippen LogP contribution in [0.15, 0.2) is 41.5 Å². The molecule has 0 amide bonds. The van der Waals surface area contributed by atoms with E-state index in [1.54, 1.807) is 0 Å². The second-order valence-electron chi connectivity index (χ2n) is 17.3. The summed E-state index contributed by atoms with van der Waals surface area (Å²) in [5.74, 6) is 0.200. The maximum atomic E-state index is 11.7. The Hall–Kier alpha value is -0.766. The van der Waals surface area contributed by atoms with Crippen LogP contribution < -0.4 is 0 Å². The van der Waals surface area contributed by atoms with Crippen LogP contribution in [0.25, 0.3) is 0 Å². The number of hydrogen-bond donors (Lipinski definition) is 1. The van der Waals surface area contributed by atoms with E-state index in [1.165, 1.54) is 29.6 Å². The van der Waals surface area contributed by atoms with E-state index in [4.69, 9.17) is 13.6 Å². The van der Waals surface area contributed by atoms with Gasteiger partial charge in [-0.1, -0.05) is 91.3 Å². The van der Waals surface area contributed by atoms with Gasteiger partial charge in [-0.2, -0.15) is 0 Å². The first-order valence-electron chi connectivity index (χ1n) is 16.6. The highest BCUT2D eigenvalue weighted by molar-refractivity contribution is 6.74. The van der Waals surface area contributed by atoms with E-state index >= 15 is 0 Å². The van der Waals surface area contributed by atoms with Crippen molar-refractivity contribution in [3.63, 3.8) is 0 Å². The van der Waals surface area contributed by atoms with E-state index in [0.717, 1.165) is 25.7 Å². The highest BCUT2D eigenvalue weighted by Gasteiger charge is 2.64. The second-order valence-corrected chi connectivity index (χ2v) is 26.8. The first kappa shape index (κ1) is 34.1. The predicted molar refractivity (Wildman–Crippen MR) is 181 cm³/mol. The number of aliphatic hydroxyl groups excluding tert-OH is 1. The monoisotopic (exact) mass is 614 g/mol. The van der Waals surface area contributed by atoms with Crippen molar-refractivity contribution in [3.8, 4) is 0 Å². The summed E-state index contributed by atoms with van der Waals surface area (Å²) < 4.78 is 21.6. The zero-order valence-electron chi connectivity index (χ0n) is 29.0. The summed E-state index contributed by atoms with van der Waals surface area (Å²) in [4.78, 5) is 0. The lowest BCUT2D eigenvalue weighted by Gasteiger charge is -2.64. The van der Waals surface area contributed by atoms with Crippen molar-refractivity contribution in [2.45, 2.75) is 155 Å². The highest BCUT2D eigenvalue weighted by Crippen LogP contribution is 2.64. The molecule has 1 aromatic rings. The van der Waals surface area contributed by atoms with Gasteiger partial charge in [0.15, 0.2) is 16.6 Å². The summed E-state index contributed by atoms with van der Waals surface area (Å²) >= 11 is 0. The molecule has 0 aliphatic heterocycles. The van der Waals surface area contributed by atoms with E-state index in [-0.39, 0.29) is 45.1 Å². The van der Waals surface area contributed by atoms with Gasteiger partial charge in [-0.3, -0.25) is 0 Å². The third-order valence-corrected chi connectivity index (χ3v) is 21.4. The van der Waals surface area contributed by atoms with Crippen LogP contribution >= 0.6 is 0 Å². The Bertz CT molecular complexity index is 1120. The molecule has 0 unspecified atom stereocenters. The lowest BCUT2D eigenvalue weighted by molar-refractivity contribution is -0.180. The van der Waals surface area contributed by atoms with E-state index < -0.39 is 16.6 Å². The first-order chi connectivity index (χ1) is 19.2. The predicted octanol–water partition coefficient (Wildman–Crippen LogP) is 9.65. The molecule has 0 spiro atoms. The average molecular weight is 615 g/mol. The van der Waals surface area contributed by atoms with Crippen LogP contribution in [-0.2, 0) is 20.2 Å². The molecule has 4 nitrogen and oxygen atoms in total. The summed E-state index contributed by atoms with van der Waals surface area (Å²) in [5, 5.41) is 11.9. The van der Waals surface area contributed by atoms with Gasteiger partial charge in [0, 0.05) is 10.8 Å². The molecule has 0 radical (unpaired) electrons. The van der Waals surface area contributed by atoms with Crippen LogP contribution in [0.2, 0.25) is 36.3 Å². The van der Waals surface area contributed by atoms with Crippen LogP contribution in [0.5, 0.6) is 0 Å². The number of benzene rings is 1. The van der Waals surface area contributed by atoms with Gasteiger partial charge in [-0.25, -0.2) is 0 Å². The zero-order chi connectivity index (χ0) is 31.4. The van der Waals surface area contributed by atoms with E-state index in [2.05, 4.69) is 112 Å². The molecule has 3 aliphatic carbocycles. The highest BCUT2D eigenvalue weighted by atomic mass is 28.4. The summed E-state index contributed by atoms with van der Waals surface area (Å²) in [6, 6.07) is 10.5. The lowest BCUT2D eigenvalue weighted by atomic mass is 9.46. The van der Waals surface area contributed by atoms with Gasteiger partial charge in [0.2, 0.25) is 0 Å². The zero-order valence-corrected chi connectivity index (χ0v) is 31.0. The van der Waals surface area contributed by atoms with Gasteiger partial charge >= 0.3 is 0 Å². The van der Waals surface area contributed by atoms with Gasteiger partial charge in [0.25, 0.3) is 0 Å². The molecule has 42 heavy (non-hydrogen) atoms. The van der Waals surface area contributed by atoms with Gasteiger partial charge in [-0.05, 0) is 91.8 Å². The summed E-state index contributed by atoms with van der Waals surface area (Å²) in [7, 11) is -4.21. The molecule has 1 N–H and O–H groups in total. The van der Waals surface area contributed by atoms with Crippen LogP contribution in [0.1, 0.15) is 99.5 Å². The number of fused-ring (bicyclic) bond motifs is 2. The molecule has 4 rings (SSSR count). The Morgan fingerprint density at radius 2 is 1.36 bits per heavy atom. The second kappa shape index (κ2) is 11.9. The number of rotatable bonds is 8. The topological polar surface area (TPSA) is 47.9 Å². The fourth-order valence-electron chi connectivity index (χ4n) is 7.61. The van der Waals surface area contributed by atoms with Crippen molar-refractivity contribution in [1.29, 1.82) is 0 Å². The minimum Gasteiger partial charge on any atom is -0.413 e. The van der Waals surface area contributed by atoms with Gasteiger partial charge < -0.3 is 18.7 Å². The number of aliphatic hydroxyl groups is 1. The van der Waals surface area contributed by atoms with Gasteiger partial charge in [-0.15, -0.1) is 0 Å². The maximum absolute atomic E-state index is 11.7. The summed E-state index contributed by atoms with van der Waals surface area (Å²) in [5.41, 5.74) is 3.61. The minimum absolute atomic E-state index is 0.0000473. The fraction of sp³-hybridized carbons (Fsp3) is 0.778. The maximum Gasteiger partial charge on any atom is 0.192 e. The molecule has 238 valence electrons. The van der Waals surface area contributed by atoms with Crippen LogP contribution in [-0.4, -0.2) is 46.7 Å². The largest absolute Gasteiger partial charge is 0.413 e. The quantitative estimate of drug-likeness (QED) is 0.234. The van der Waals surface area contributed by atoms with E-state index in [9.17, 15) is 5.11 Å². The molecule has 0 heterocycles. The first-order valence-corrected chi connectivity index (χ1v) is 22.4. The molecular formula is C36H62O4Si2. The molecule has 6 atom stereocenters. The Balaban J connectivity index is 1.83. The van der Waals surface area contributed by atoms with Crippen molar-refractivity contribution in [2.24, 2.45) is 16.7 Å². The number of hydrogen-bond acceptors (Lipinski definition) is 4. The SMILES string of the molecule is CC(C)(C)[Si](C)(C)O[C@H]1C[C@@H](O[Si](C)(C)C(C)(C)C)[C@]2(C)C3=C(CCCC3)[C@@H](O)C[C@H]2[C@]1(C)COCc1ccccc1. The smallest absolute Gasteiger partial charge is 0.192 e. The lowest BCUT2D eigenvalue weighted by Crippen LogP contribution is -2.66. The Morgan fingerprint density at radius 1 is 0.810 bits per heavy atom. The molecule has 1 aromatic carbocycles. The molecule has 1 fully saturated rings. The van der Waals surface area contributed by atoms with Crippen molar-refractivity contribution in [2.75, 3.05) is 6.61 Å². The minimum atomic E-state index is -2.12. The van der Waals surface area contributed by atoms with Crippen molar-refractivity contribution >= 4 is 16.6 Å². The third-order valence-electron chi connectivity index (χ3n) is 12.4. The molecule has 3 aliphatic rings. The molecule has 0 aromatic heterocycles. The normalized spacial score (nSPS) is 32.9. The molecular weight excluding hydrogens is 553 g/mol. The van der Waals surface area contributed by atoms with Crippen LogP contribution in [0.3, 0.4) is 0 Å². The fourth-order valence-corrected chi connectivity index (χ4v) is 10.4. The number of ether oxygens (including phenoxy) is 1. The third kappa shape index (κ3) is 6.32. The molecule has 0 saturated heterocycles. The molecule has 0 bridgehead atoms. The summed E-state index contributed by atoms with van der Waals surface area (Å²) in [6.45, 7) is 29.8. The van der Waals surface area contributed by atoms with Crippen LogP contribution in [0, 0.1) is 16.7 Å². The van der Waals surface area contributed by atoms with Crippen molar-refractivity contribution in [1.82, 2.24) is 0 Å². The van der Waals surface area contributed by atoms with Crippen LogP contribution in [0.4, 0.5) is 0 Å². The Kier molecular flexibility index (Phi) is 9.64. The standard InChI is InChI=1S/C36H62O4Si2/c1-33(2,3)41(9,10)39-31-23-32(40-42(11,12)34(4,5)6)36(8)28-21-17-16-20-27(28)29(37)22-30(36)35(31,7)25-38-24-26-18-14-13-15-19-26/h13-15,18-19,29-32,37H,16-17,20-25H2,1-12H3/t29-,30-,31-,32+,35-,36+/m0/s1. The summed E-state index contributed by atoms with van der Waals surface area (Å²) in [6.07, 6.45) is 5.80.